The Morgan fingerprint density at radius 1 is 1.17 bits per heavy atom. The molecule has 0 atom stereocenters. The number of allylic oxidation sites excluding steroid dienone is 1. The fourth-order valence-corrected chi connectivity index (χ4v) is 4.56. The number of aromatic nitrogens is 2. The van der Waals surface area contributed by atoms with E-state index in [9.17, 15) is 4.79 Å². The van der Waals surface area contributed by atoms with Gasteiger partial charge in [-0.3, -0.25) is 4.79 Å². The van der Waals surface area contributed by atoms with Crippen molar-refractivity contribution in [3.63, 3.8) is 0 Å². The van der Waals surface area contributed by atoms with Gasteiger partial charge in [-0.1, -0.05) is 43.8 Å². The molecule has 36 heavy (non-hydrogen) atoms. The molecule has 186 valence electrons. The van der Waals surface area contributed by atoms with E-state index in [1.165, 1.54) is 11.6 Å². The van der Waals surface area contributed by atoms with Crippen LogP contribution in [0.5, 0.6) is 5.75 Å². The average molecular weight is 484 g/mol. The van der Waals surface area contributed by atoms with Gasteiger partial charge in [0.25, 0.3) is 0 Å². The van der Waals surface area contributed by atoms with Gasteiger partial charge in [0.1, 0.15) is 5.75 Å². The first kappa shape index (κ1) is 25.0. The summed E-state index contributed by atoms with van der Waals surface area (Å²) in [6.07, 6.45) is 8.26. The minimum absolute atomic E-state index is 0.267. The zero-order valence-electron chi connectivity index (χ0n) is 21.2. The Morgan fingerprint density at radius 3 is 2.64 bits per heavy atom. The summed E-state index contributed by atoms with van der Waals surface area (Å²) >= 11 is 0. The van der Waals surface area contributed by atoms with Crippen LogP contribution in [0.2, 0.25) is 0 Å². The number of benzene rings is 2. The maximum absolute atomic E-state index is 12.2. The van der Waals surface area contributed by atoms with E-state index < -0.39 is 0 Å². The first-order valence-corrected chi connectivity index (χ1v) is 12.3. The summed E-state index contributed by atoms with van der Waals surface area (Å²) in [6, 6.07) is 14.1. The van der Waals surface area contributed by atoms with Crippen LogP contribution in [0, 0.1) is 0 Å². The van der Waals surface area contributed by atoms with E-state index in [0.717, 1.165) is 54.9 Å². The maximum atomic E-state index is 12.2. The standard InChI is InChI=1S/C29H33N5O2/c1-5-20-12-8-9-13-22(20)21(6-2)23-14-15-30-29(32-23)33-25-18-24(31-28(35)7-3)26(19-27(25)36-4)34-16-10-11-17-34/h6-9,12-15,18-19H,3,5,10-11,16-17H2,1-2,4H3,(H,31,35)(H,30,32,33)/b21-6+. The van der Waals surface area contributed by atoms with Gasteiger partial charge < -0.3 is 20.3 Å². The van der Waals surface area contributed by atoms with Crippen molar-refractivity contribution in [3.05, 3.63) is 84.2 Å². The summed E-state index contributed by atoms with van der Waals surface area (Å²) in [5.74, 6) is 0.816. The van der Waals surface area contributed by atoms with Crippen LogP contribution in [-0.2, 0) is 11.2 Å². The molecule has 7 heteroatoms. The molecule has 1 aliphatic rings. The summed E-state index contributed by atoms with van der Waals surface area (Å²) in [5.41, 5.74) is 6.57. The molecule has 0 aliphatic carbocycles. The molecule has 4 rings (SSSR count). The Morgan fingerprint density at radius 2 is 1.94 bits per heavy atom. The third kappa shape index (κ3) is 5.40. The molecule has 0 unspecified atom stereocenters. The Bertz CT molecular complexity index is 1280. The molecule has 0 saturated carbocycles. The lowest BCUT2D eigenvalue weighted by molar-refractivity contribution is -0.111. The number of nitrogens with one attached hydrogen (secondary N) is 2. The monoisotopic (exact) mass is 483 g/mol. The lowest BCUT2D eigenvalue weighted by Gasteiger charge is -2.24. The molecule has 0 bridgehead atoms. The largest absolute Gasteiger partial charge is 0.494 e. The third-order valence-corrected chi connectivity index (χ3v) is 6.36. The second-order valence-electron chi connectivity index (χ2n) is 8.56. The number of carbonyl (C=O) groups is 1. The molecule has 1 saturated heterocycles. The number of nitrogens with zero attached hydrogens (tertiary/aromatic N) is 3. The number of anilines is 4. The van der Waals surface area contributed by atoms with Crippen LogP contribution in [0.4, 0.5) is 23.0 Å². The molecular weight excluding hydrogens is 450 g/mol. The highest BCUT2D eigenvalue weighted by Crippen LogP contribution is 2.39. The van der Waals surface area contributed by atoms with E-state index in [1.54, 1.807) is 13.3 Å². The molecule has 2 aromatic carbocycles. The number of hydrogen-bond acceptors (Lipinski definition) is 6. The molecule has 3 aromatic rings. The van der Waals surface area contributed by atoms with E-state index in [-0.39, 0.29) is 5.91 Å². The van der Waals surface area contributed by atoms with Crippen LogP contribution in [-0.4, -0.2) is 36.1 Å². The van der Waals surface area contributed by atoms with Crippen LogP contribution in [0.25, 0.3) is 5.57 Å². The van der Waals surface area contributed by atoms with Gasteiger partial charge in [-0.15, -0.1) is 0 Å². The zero-order valence-corrected chi connectivity index (χ0v) is 21.2. The summed E-state index contributed by atoms with van der Waals surface area (Å²) < 4.78 is 5.71. The van der Waals surface area contributed by atoms with Gasteiger partial charge in [-0.2, -0.15) is 0 Å². The minimum atomic E-state index is -0.267. The normalized spacial score (nSPS) is 13.4. The molecule has 1 aliphatic heterocycles. The Kier molecular flexibility index (Phi) is 8.00. The van der Waals surface area contributed by atoms with Gasteiger partial charge in [0, 0.05) is 30.9 Å². The molecule has 2 N–H and O–H groups in total. The molecule has 1 aromatic heterocycles. The Labute approximate surface area is 212 Å². The number of carbonyl (C=O) groups excluding carboxylic acids is 1. The first-order chi connectivity index (χ1) is 17.6. The minimum Gasteiger partial charge on any atom is -0.494 e. The molecule has 1 amide bonds. The summed E-state index contributed by atoms with van der Waals surface area (Å²) in [4.78, 5) is 23.7. The van der Waals surface area contributed by atoms with Gasteiger partial charge in [-0.05, 0) is 55.5 Å². The smallest absolute Gasteiger partial charge is 0.247 e. The molecule has 1 fully saturated rings. The first-order valence-electron chi connectivity index (χ1n) is 12.3. The fourth-order valence-electron chi connectivity index (χ4n) is 4.56. The van der Waals surface area contributed by atoms with Crippen molar-refractivity contribution in [2.75, 3.05) is 35.7 Å². The van der Waals surface area contributed by atoms with Crippen LogP contribution in [0.3, 0.4) is 0 Å². The number of amides is 1. The fraction of sp³-hybridized carbons (Fsp3) is 0.276. The molecule has 7 nitrogen and oxygen atoms in total. The lowest BCUT2D eigenvalue weighted by Crippen LogP contribution is -2.21. The Hall–Kier alpha value is -4.13. The van der Waals surface area contributed by atoms with Crippen LogP contribution in [0.15, 0.2) is 67.4 Å². The highest BCUT2D eigenvalue weighted by atomic mass is 16.5. The van der Waals surface area contributed by atoms with Crippen LogP contribution in [0.1, 0.15) is 43.5 Å². The second-order valence-corrected chi connectivity index (χ2v) is 8.56. The average Bonchev–Trinajstić information content (AvgIpc) is 3.44. The second kappa shape index (κ2) is 11.5. The SMILES string of the molecule is C=CC(=O)Nc1cc(Nc2nccc(/C(=C/C)c3ccccc3CC)n2)c(OC)cc1N1CCCC1. The number of rotatable bonds is 9. The van der Waals surface area contributed by atoms with E-state index in [0.29, 0.717) is 23.1 Å². The number of aryl methyl sites for hydroxylation is 1. The molecule has 0 radical (unpaired) electrons. The van der Waals surface area contributed by atoms with E-state index in [2.05, 4.69) is 58.3 Å². The summed E-state index contributed by atoms with van der Waals surface area (Å²) in [7, 11) is 1.63. The van der Waals surface area contributed by atoms with Crippen molar-refractivity contribution in [1.82, 2.24) is 9.97 Å². The van der Waals surface area contributed by atoms with Crippen molar-refractivity contribution >= 4 is 34.5 Å². The van der Waals surface area contributed by atoms with Crippen LogP contribution >= 0.6 is 0 Å². The quantitative estimate of drug-likeness (QED) is 0.365. The zero-order chi connectivity index (χ0) is 25.5. The predicted octanol–water partition coefficient (Wildman–Crippen LogP) is 5.97. The Balaban J connectivity index is 1.70. The van der Waals surface area contributed by atoms with Crippen molar-refractivity contribution in [3.8, 4) is 5.75 Å². The number of methoxy groups -OCH3 is 1. The van der Waals surface area contributed by atoms with Crippen molar-refractivity contribution < 1.29 is 9.53 Å². The lowest BCUT2D eigenvalue weighted by atomic mass is 9.95. The van der Waals surface area contributed by atoms with Crippen molar-refractivity contribution in [2.24, 2.45) is 0 Å². The van der Waals surface area contributed by atoms with Gasteiger partial charge in [0.05, 0.1) is 29.9 Å². The van der Waals surface area contributed by atoms with E-state index >= 15 is 0 Å². The van der Waals surface area contributed by atoms with Gasteiger partial charge >= 0.3 is 0 Å². The molecular formula is C29H33N5O2. The van der Waals surface area contributed by atoms with Crippen molar-refractivity contribution in [1.29, 1.82) is 0 Å². The molecule has 0 spiro atoms. The molecule has 2 heterocycles. The summed E-state index contributed by atoms with van der Waals surface area (Å²) in [6.45, 7) is 9.63. The van der Waals surface area contributed by atoms with Gasteiger partial charge in [-0.25, -0.2) is 9.97 Å². The third-order valence-electron chi connectivity index (χ3n) is 6.36. The van der Waals surface area contributed by atoms with E-state index in [1.807, 2.05) is 31.2 Å². The summed E-state index contributed by atoms with van der Waals surface area (Å²) in [5, 5.41) is 6.25. The number of hydrogen-bond donors (Lipinski definition) is 2. The van der Waals surface area contributed by atoms with Crippen LogP contribution < -0.4 is 20.3 Å². The number of ether oxygens (including phenoxy) is 1. The highest BCUT2D eigenvalue weighted by Gasteiger charge is 2.20. The van der Waals surface area contributed by atoms with E-state index in [4.69, 9.17) is 9.72 Å². The van der Waals surface area contributed by atoms with Gasteiger partial charge in [0.15, 0.2) is 0 Å². The van der Waals surface area contributed by atoms with Crippen molar-refractivity contribution in [2.45, 2.75) is 33.1 Å². The van der Waals surface area contributed by atoms with Gasteiger partial charge in [0.2, 0.25) is 11.9 Å². The highest BCUT2D eigenvalue weighted by molar-refractivity contribution is 6.02. The maximum Gasteiger partial charge on any atom is 0.247 e. The predicted molar refractivity (Wildman–Crippen MR) is 147 cm³/mol. The topological polar surface area (TPSA) is 79.4 Å².